The Morgan fingerprint density at radius 1 is 1.00 bits per heavy atom. The number of benzene rings is 2. The van der Waals surface area contributed by atoms with Crippen LogP contribution in [0.15, 0.2) is 65.2 Å². The summed E-state index contributed by atoms with van der Waals surface area (Å²) in [5.74, 6) is -0.543. The highest BCUT2D eigenvalue weighted by Gasteiger charge is 2.14. The molecule has 4 nitrogen and oxygen atoms in total. The van der Waals surface area contributed by atoms with Crippen molar-refractivity contribution >= 4 is 41.5 Å². The number of rotatable bonds is 4. The van der Waals surface area contributed by atoms with E-state index in [9.17, 15) is 10.1 Å². The van der Waals surface area contributed by atoms with Gasteiger partial charge in [0.15, 0.2) is 0 Å². The first-order chi connectivity index (χ1) is 10.6. The maximum absolute atomic E-state index is 12.1. The predicted octanol–water partition coefficient (Wildman–Crippen LogP) is 4.06. The van der Waals surface area contributed by atoms with E-state index in [1.165, 1.54) is 0 Å². The number of carbonyl (C=O) groups excluding carboxylic acids is 1. The third-order valence-corrected chi connectivity index (χ3v) is 3.30. The van der Waals surface area contributed by atoms with Crippen molar-refractivity contribution in [3.8, 4) is 6.07 Å². The lowest BCUT2D eigenvalue weighted by atomic mass is 10.2. The van der Waals surface area contributed by atoms with E-state index >= 15 is 0 Å². The van der Waals surface area contributed by atoms with Crippen LogP contribution >= 0.6 is 24.2 Å². The van der Waals surface area contributed by atoms with Gasteiger partial charge in [-0.2, -0.15) is 5.26 Å². The van der Waals surface area contributed by atoms with Gasteiger partial charge >= 0.3 is 0 Å². The lowest BCUT2D eigenvalue weighted by Crippen LogP contribution is -2.16. The van der Waals surface area contributed by atoms with Gasteiger partial charge in [-0.1, -0.05) is 29.8 Å². The molecule has 0 atom stereocenters. The highest BCUT2D eigenvalue weighted by molar-refractivity contribution is 7.84. The Labute approximate surface area is 138 Å². The van der Waals surface area contributed by atoms with Crippen molar-refractivity contribution in [1.82, 2.24) is 0 Å². The Kier molecular flexibility index (Phi) is 5.48. The molecule has 0 saturated heterocycles. The smallest absolute Gasteiger partial charge is 0.269 e. The SMILES string of the molecule is N#CC(C(=O)Nc1ccc(Cl)cc1)=C(S)Nc1ccccc1. The number of carbonyl (C=O) groups is 1. The zero-order valence-corrected chi connectivity index (χ0v) is 13.0. The molecule has 22 heavy (non-hydrogen) atoms. The van der Waals surface area contributed by atoms with Gasteiger partial charge in [0.2, 0.25) is 0 Å². The molecule has 0 aliphatic rings. The minimum absolute atomic E-state index is 0.109. The van der Waals surface area contributed by atoms with E-state index in [0.29, 0.717) is 10.7 Å². The van der Waals surface area contributed by atoms with Crippen LogP contribution in [-0.4, -0.2) is 5.91 Å². The van der Waals surface area contributed by atoms with Gasteiger partial charge in [0.05, 0.1) is 5.03 Å². The van der Waals surface area contributed by atoms with Crippen molar-refractivity contribution in [1.29, 1.82) is 5.26 Å². The van der Waals surface area contributed by atoms with Gasteiger partial charge in [0.1, 0.15) is 11.6 Å². The number of amides is 1. The van der Waals surface area contributed by atoms with Gasteiger partial charge in [-0.15, -0.1) is 12.6 Å². The first-order valence-electron chi connectivity index (χ1n) is 6.32. The molecule has 1 amide bonds. The van der Waals surface area contributed by atoms with Crippen LogP contribution in [0.4, 0.5) is 11.4 Å². The van der Waals surface area contributed by atoms with E-state index in [4.69, 9.17) is 11.6 Å². The molecule has 0 heterocycles. The van der Waals surface area contributed by atoms with Crippen LogP contribution < -0.4 is 10.6 Å². The van der Waals surface area contributed by atoms with Gasteiger partial charge in [0.25, 0.3) is 5.91 Å². The van der Waals surface area contributed by atoms with E-state index < -0.39 is 5.91 Å². The highest BCUT2D eigenvalue weighted by atomic mass is 35.5. The van der Waals surface area contributed by atoms with Gasteiger partial charge in [0, 0.05) is 16.4 Å². The molecule has 0 aromatic heterocycles. The van der Waals surface area contributed by atoms with Crippen LogP contribution in [0.5, 0.6) is 0 Å². The van der Waals surface area contributed by atoms with Crippen LogP contribution in [0.3, 0.4) is 0 Å². The molecule has 0 saturated carbocycles. The van der Waals surface area contributed by atoms with Crippen LogP contribution in [0, 0.1) is 11.3 Å². The molecule has 2 aromatic rings. The van der Waals surface area contributed by atoms with E-state index in [1.54, 1.807) is 24.3 Å². The van der Waals surface area contributed by atoms with Crippen molar-refractivity contribution in [3.63, 3.8) is 0 Å². The second-order valence-electron chi connectivity index (χ2n) is 4.29. The second kappa shape index (κ2) is 7.55. The van der Waals surface area contributed by atoms with Gasteiger partial charge in [-0.3, -0.25) is 4.79 Å². The molecule has 2 aromatic carbocycles. The minimum atomic E-state index is -0.543. The van der Waals surface area contributed by atoms with Crippen molar-refractivity contribution in [2.45, 2.75) is 0 Å². The molecule has 0 aliphatic heterocycles. The van der Waals surface area contributed by atoms with Gasteiger partial charge in [-0.25, -0.2) is 0 Å². The molecular weight excluding hydrogens is 318 g/mol. The van der Waals surface area contributed by atoms with Gasteiger partial charge in [-0.05, 0) is 36.4 Å². The molecule has 0 spiro atoms. The molecule has 2 N–H and O–H groups in total. The molecule has 0 radical (unpaired) electrons. The number of nitrogens with zero attached hydrogens (tertiary/aromatic N) is 1. The second-order valence-corrected chi connectivity index (χ2v) is 5.17. The van der Waals surface area contributed by atoms with E-state index in [2.05, 4.69) is 23.3 Å². The number of nitrogens with one attached hydrogen (secondary N) is 2. The van der Waals surface area contributed by atoms with E-state index in [0.717, 1.165) is 5.69 Å². The predicted molar refractivity (Wildman–Crippen MR) is 91.8 cm³/mol. The topological polar surface area (TPSA) is 64.9 Å². The largest absolute Gasteiger partial charge is 0.349 e. The molecule has 2 rings (SSSR count). The van der Waals surface area contributed by atoms with Crippen molar-refractivity contribution in [2.24, 2.45) is 0 Å². The average Bonchev–Trinajstić information content (AvgIpc) is 2.51. The summed E-state index contributed by atoms with van der Waals surface area (Å²) in [5, 5.41) is 15.5. The maximum Gasteiger partial charge on any atom is 0.269 e. The molecule has 110 valence electrons. The number of nitriles is 1. The summed E-state index contributed by atoms with van der Waals surface area (Å²) in [6.45, 7) is 0. The monoisotopic (exact) mass is 329 g/mol. The molecule has 0 aliphatic carbocycles. The zero-order chi connectivity index (χ0) is 15.9. The fourth-order valence-corrected chi connectivity index (χ4v) is 2.07. The lowest BCUT2D eigenvalue weighted by Gasteiger charge is -2.09. The van der Waals surface area contributed by atoms with E-state index in [-0.39, 0.29) is 10.6 Å². The Bertz CT molecular complexity index is 736. The summed E-state index contributed by atoms with van der Waals surface area (Å²) in [5.41, 5.74) is 1.17. The van der Waals surface area contributed by atoms with Crippen LogP contribution in [0.25, 0.3) is 0 Å². The highest BCUT2D eigenvalue weighted by Crippen LogP contribution is 2.18. The zero-order valence-electron chi connectivity index (χ0n) is 11.4. The van der Waals surface area contributed by atoms with Crippen molar-refractivity contribution in [2.75, 3.05) is 10.6 Å². The Morgan fingerprint density at radius 3 is 2.18 bits per heavy atom. The van der Waals surface area contributed by atoms with Crippen LogP contribution in [-0.2, 0) is 4.79 Å². The lowest BCUT2D eigenvalue weighted by molar-refractivity contribution is -0.112. The number of thiol groups is 1. The fourth-order valence-electron chi connectivity index (χ4n) is 1.66. The standard InChI is InChI=1S/C16H12ClN3OS/c17-11-6-8-13(9-7-11)19-15(21)14(10-18)16(22)20-12-4-2-1-3-5-12/h1-9,20,22H,(H,19,21). The molecule has 0 fully saturated rings. The number of hydrogen-bond donors (Lipinski definition) is 3. The normalized spacial score (nSPS) is 11.1. The van der Waals surface area contributed by atoms with Crippen LogP contribution in [0.1, 0.15) is 0 Å². The molecule has 0 unspecified atom stereocenters. The summed E-state index contributed by atoms with van der Waals surface area (Å²) >= 11 is 9.98. The summed E-state index contributed by atoms with van der Waals surface area (Å²) in [6, 6.07) is 17.6. The fraction of sp³-hybridized carbons (Fsp3) is 0. The van der Waals surface area contributed by atoms with Crippen molar-refractivity contribution < 1.29 is 4.79 Å². The summed E-state index contributed by atoms with van der Waals surface area (Å²) in [4.78, 5) is 12.1. The minimum Gasteiger partial charge on any atom is -0.349 e. The van der Waals surface area contributed by atoms with Crippen LogP contribution in [0.2, 0.25) is 5.02 Å². The Hall–Kier alpha value is -2.42. The first-order valence-corrected chi connectivity index (χ1v) is 7.15. The number of hydrogen-bond acceptors (Lipinski definition) is 4. The number of para-hydroxylation sites is 1. The summed E-state index contributed by atoms with van der Waals surface area (Å²) in [7, 11) is 0. The summed E-state index contributed by atoms with van der Waals surface area (Å²) in [6.07, 6.45) is 0. The van der Waals surface area contributed by atoms with Crippen molar-refractivity contribution in [3.05, 3.63) is 70.2 Å². The first kappa shape index (κ1) is 16.0. The Balaban J connectivity index is 2.15. The number of halogens is 1. The average molecular weight is 330 g/mol. The quantitative estimate of drug-likeness (QED) is 0.450. The third-order valence-electron chi connectivity index (χ3n) is 2.71. The number of anilines is 2. The maximum atomic E-state index is 12.1. The third kappa shape index (κ3) is 4.29. The molecule has 0 bridgehead atoms. The molecular formula is C16H12ClN3OS. The summed E-state index contributed by atoms with van der Waals surface area (Å²) < 4.78 is 0. The Morgan fingerprint density at radius 2 is 1.59 bits per heavy atom. The molecule has 6 heteroatoms. The van der Waals surface area contributed by atoms with Gasteiger partial charge < -0.3 is 10.6 Å². The van der Waals surface area contributed by atoms with E-state index in [1.807, 2.05) is 36.4 Å².